The number of carbonyl (C=O) groups excluding carboxylic acids is 3. The Morgan fingerprint density at radius 2 is 1.66 bits per heavy atom. The smallest absolute Gasteiger partial charge is 0.350 e. The minimum Gasteiger partial charge on any atom is -0.350 e. The molecule has 0 unspecified atom stereocenters. The quantitative estimate of drug-likeness (QED) is 0.351. The molecule has 0 aromatic rings. The summed E-state index contributed by atoms with van der Waals surface area (Å²) >= 11 is 0. The van der Waals surface area contributed by atoms with Crippen LogP contribution in [0.25, 0.3) is 4.85 Å². The van der Waals surface area contributed by atoms with E-state index in [-0.39, 0.29) is 34.5 Å². The van der Waals surface area contributed by atoms with Crippen LogP contribution in [0.15, 0.2) is 23.4 Å². The van der Waals surface area contributed by atoms with E-state index in [0.29, 0.717) is 25.7 Å². The lowest BCUT2D eigenvalue weighted by Crippen LogP contribution is -2.69. The molecule has 1 N–H and O–H groups in total. The molecule has 5 rings (SSSR count). The van der Waals surface area contributed by atoms with Crippen LogP contribution in [-0.4, -0.2) is 29.2 Å². The molecule has 0 aromatic carbocycles. The van der Waals surface area contributed by atoms with Gasteiger partial charge in [0.2, 0.25) is 11.6 Å². The topological polar surface area (TPSA) is 67.6 Å². The van der Waals surface area contributed by atoms with Gasteiger partial charge in [0.05, 0.1) is 6.57 Å². The monoisotopic (exact) mass is 572 g/mol. The molecule has 5 aliphatic rings. The Labute approximate surface area is 241 Å². The normalized spacial score (nSPS) is 42.8. The number of halogens is 3. The first-order chi connectivity index (χ1) is 18.7. The molecule has 0 heterocycles. The Bertz CT molecular complexity index is 1320. The molecule has 5 nitrogen and oxygen atoms in total. The molecule has 1 amide bonds. The van der Waals surface area contributed by atoms with Crippen LogP contribution in [0.4, 0.5) is 13.2 Å². The molecule has 0 spiro atoms. The van der Waals surface area contributed by atoms with E-state index in [4.69, 9.17) is 6.57 Å². The van der Waals surface area contributed by atoms with Gasteiger partial charge in [-0.2, -0.15) is 13.2 Å². The first kappa shape index (κ1) is 30.0. The average molecular weight is 573 g/mol. The molecule has 7 atom stereocenters. The summed E-state index contributed by atoms with van der Waals surface area (Å²) in [6.07, 6.45) is 2.10. The highest BCUT2D eigenvalue weighted by molar-refractivity contribution is 6.03. The Kier molecular flexibility index (Phi) is 6.45. The molecular weight excluding hydrogens is 529 g/mol. The second-order valence-electron chi connectivity index (χ2n) is 15.7. The van der Waals surface area contributed by atoms with Gasteiger partial charge >= 0.3 is 6.18 Å². The van der Waals surface area contributed by atoms with Crippen molar-refractivity contribution in [1.29, 1.82) is 0 Å². The van der Waals surface area contributed by atoms with Gasteiger partial charge in [-0.05, 0) is 79.1 Å². The zero-order chi connectivity index (χ0) is 30.6. The molecule has 0 bridgehead atoms. The predicted molar refractivity (Wildman–Crippen MR) is 149 cm³/mol. The van der Waals surface area contributed by atoms with Crippen molar-refractivity contribution in [2.45, 2.75) is 112 Å². The second-order valence-corrected chi connectivity index (χ2v) is 15.7. The third kappa shape index (κ3) is 4.19. The van der Waals surface area contributed by atoms with Gasteiger partial charge in [-0.1, -0.05) is 60.1 Å². The van der Waals surface area contributed by atoms with Crippen LogP contribution in [0.5, 0.6) is 0 Å². The van der Waals surface area contributed by atoms with Gasteiger partial charge in [-0.3, -0.25) is 9.59 Å². The summed E-state index contributed by atoms with van der Waals surface area (Å²) in [7, 11) is 0. The lowest BCUT2D eigenvalue weighted by Gasteiger charge is -2.69. The first-order valence-corrected chi connectivity index (χ1v) is 15.0. The van der Waals surface area contributed by atoms with E-state index in [1.807, 2.05) is 19.9 Å². The molecule has 0 radical (unpaired) electrons. The van der Waals surface area contributed by atoms with Crippen molar-refractivity contribution in [2.75, 3.05) is 0 Å². The Hall–Kier alpha value is -2.43. The molecule has 0 aromatic heterocycles. The van der Waals surface area contributed by atoms with Crippen LogP contribution in [-0.2, 0) is 14.4 Å². The summed E-state index contributed by atoms with van der Waals surface area (Å²) in [5, 5.41) is 2.85. The molecule has 3 fully saturated rings. The number of hydrogen-bond acceptors (Lipinski definition) is 3. The Balaban J connectivity index is 1.63. The van der Waals surface area contributed by atoms with E-state index in [0.717, 1.165) is 24.8 Å². The third-order valence-electron chi connectivity index (χ3n) is 12.6. The van der Waals surface area contributed by atoms with Crippen LogP contribution in [0, 0.1) is 51.4 Å². The molecular formula is C33H43F3N2O3. The van der Waals surface area contributed by atoms with Gasteiger partial charge < -0.3 is 10.1 Å². The van der Waals surface area contributed by atoms with E-state index >= 15 is 0 Å². The number of allylic oxidation sites excluding steroid dienone is 4. The molecule has 224 valence electrons. The predicted octanol–water partition coefficient (Wildman–Crippen LogP) is 7.38. The largest absolute Gasteiger partial charge is 0.397 e. The van der Waals surface area contributed by atoms with Crippen LogP contribution < -0.4 is 5.32 Å². The van der Waals surface area contributed by atoms with Gasteiger partial charge in [0.25, 0.3) is 0 Å². The minimum atomic E-state index is -4.60. The zero-order valence-corrected chi connectivity index (χ0v) is 25.3. The first-order valence-electron chi connectivity index (χ1n) is 15.0. The summed E-state index contributed by atoms with van der Waals surface area (Å²) in [4.78, 5) is 44.0. The number of amides is 1. The lowest BCUT2D eigenvalue weighted by molar-refractivity contribution is -0.170. The summed E-state index contributed by atoms with van der Waals surface area (Å²) in [6, 6.07) is 0. The van der Waals surface area contributed by atoms with Gasteiger partial charge in [0.15, 0.2) is 11.6 Å². The van der Waals surface area contributed by atoms with Crippen molar-refractivity contribution in [3.05, 3.63) is 34.8 Å². The molecule has 3 saturated carbocycles. The SMILES string of the molecule is [C-]#[N+]C1=C[C@]2(C)C3=CC(=O)[C@@H]4[C@@H]5CC(C)(C)CC[C@]5(NC(=O)CC(F)(F)F)CC[C@@]4(C)[C@]3(C)CC[C@H]2C(C)(C)C1=O. The number of alkyl halides is 3. The molecule has 0 aliphatic heterocycles. The lowest BCUT2D eigenvalue weighted by atomic mass is 9.35. The van der Waals surface area contributed by atoms with Crippen molar-refractivity contribution >= 4 is 17.5 Å². The maximum Gasteiger partial charge on any atom is 0.397 e. The molecule has 41 heavy (non-hydrogen) atoms. The third-order valence-corrected chi connectivity index (χ3v) is 12.6. The minimum absolute atomic E-state index is 0.0360. The van der Waals surface area contributed by atoms with Crippen LogP contribution in [0.1, 0.15) is 99.8 Å². The maximum absolute atomic E-state index is 14.4. The van der Waals surface area contributed by atoms with E-state index in [2.05, 4.69) is 44.8 Å². The van der Waals surface area contributed by atoms with Gasteiger partial charge in [0.1, 0.15) is 6.42 Å². The number of carbonyl (C=O) groups is 3. The maximum atomic E-state index is 14.4. The van der Waals surface area contributed by atoms with E-state index < -0.39 is 51.6 Å². The summed E-state index contributed by atoms with van der Waals surface area (Å²) in [5.74, 6) is -1.99. The van der Waals surface area contributed by atoms with Crippen LogP contribution >= 0.6 is 0 Å². The van der Waals surface area contributed by atoms with Gasteiger partial charge in [0, 0.05) is 22.3 Å². The fourth-order valence-electron chi connectivity index (χ4n) is 10.3. The van der Waals surface area contributed by atoms with Crippen molar-refractivity contribution < 1.29 is 27.6 Å². The number of Topliss-reactive ketones (excluding diaryl/α,β-unsaturated/α-hetero) is 1. The van der Waals surface area contributed by atoms with E-state index in [1.165, 1.54) is 0 Å². The standard InChI is InChI=1S/C33H43F3N2O3/c1-27(2)11-13-32(38-24(40)18-33(34,35)36)14-12-31(7)25(19(32)16-27)21(39)15-23-29(5)17-20(37-8)26(41)28(3,4)22(29)9-10-30(23,31)6/h15,17,19,22,25H,9-14,16,18H2,1-7H3,(H,38,40)/t19-,22-,25-,29-,30+,31+,32-/m0/s1. The highest BCUT2D eigenvalue weighted by Crippen LogP contribution is 2.73. The number of rotatable bonds is 2. The van der Waals surface area contributed by atoms with Gasteiger partial charge in [-0.25, -0.2) is 4.85 Å². The number of ketones is 2. The summed E-state index contributed by atoms with van der Waals surface area (Å²) < 4.78 is 39.5. The van der Waals surface area contributed by atoms with Crippen molar-refractivity contribution in [3.8, 4) is 0 Å². The van der Waals surface area contributed by atoms with Crippen molar-refractivity contribution in [3.63, 3.8) is 0 Å². The van der Waals surface area contributed by atoms with Crippen molar-refractivity contribution in [1.82, 2.24) is 5.32 Å². The number of nitrogens with zero attached hydrogens (tertiary/aromatic N) is 1. The van der Waals surface area contributed by atoms with Crippen molar-refractivity contribution in [2.24, 2.45) is 44.8 Å². The average Bonchev–Trinajstić information content (AvgIpc) is 2.82. The second kappa shape index (κ2) is 8.80. The Morgan fingerprint density at radius 1 is 1.02 bits per heavy atom. The molecule has 0 saturated heterocycles. The fraction of sp³-hybridized carbons (Fsp3) is 0.758. The fourth-order valence-corrected chi connectivity index (χ4v) is 10.3. The molecule has 5 aliphatic carbocycles. The zero-order valence-electron chi connectivity index (χ0n) is 25.3. The summed E-state index contributed by atoms with van der Waals surface area (Å²) in [6.45, 7) is 22.3. The number of fused-ring (bicyclic) bond motifs is 7. The van der Waals surface area contributed by atoms with Crippen LogP contribution in [0.2, 0.25) is 0 Å². The van der Waals surface area contributed by atoms with E-state index in [9.17, 15) is 27.6 Å². The number of hydrogen-bond donors (Lipinski definition) is 1. The number of nitrogens with one attached hydrogen (secondary N) is 1. The van der Waals surface area contributed by atoms with Gasteiger partial charge in [-0.15, -0.1) is 0 Å². The molecule has 8 heteroatoms. The summed E-state index contributed by atoms with van der Waals surface area (Å²) in [5.41, 5.74) is -2.15. The highest BCUT2D eigenvalue weighted by atomic mass is 19.4. The Morgan fingerprint density at radius 3 is 2.27 bits per heavy atom. The van der Waals surface area contributed by atoms with Crippen LogP contribution in [0.3, 0.4) is 0 Å². The van der Waals surface area contributed by atoms with E-state index in [1.54, 1.807) is 6.08 Å². The highest BCUT2D eigenvalue weighted by Gasteiger charge is 2.70.